The normalized spacial score (nSPS) is 15.9. The van der Waals surface area contributed by atoms with Crippen LogP contribution in [0.4, 0.5) is 0 Å². The number of rotatable bonds is 0. The molecule has 0 fully saturated rings. The van der Waals surface area contributed by atoms with Gasteiger partial charge in [-0.25, -0.2) is 23.3 Å². The van der Waals surface area contributed by atoms with Crippen molar-refractivity contribution in [2.75, 3.05) is 0 Å². The summed E-state index contributed by atoms with van der Waals surface area (Å²) in [6.07, 6.45) is 16.7. The quantitative estimate of drug-likeness (QED) is 0.570. The summed E-state index contributed by atoms with van der Waals surface area (Å²) in [6, 6.07) is 0. The predicted octanol–water partition coefficient (Wildman–Crippen LogP) is 3.81. The van der Waals surface area contributed by atoms with Gasteiger partial charge in [-0.3, -0.25) is 12.2 Å². The zero-order chi connectivity index (χ0) is 8.81. The van der Waals surface area contributed by atoms with Crippen molar-refractivity contribution in [3.05, 3.63) is 47.6 Å². The van der Waals surface area contributed by atoms with Crippen LogP contribution in [0.15, 0.2) is 35.5 Å². The van der Waals surface area contributed by atoms with Crippen molar-refractivity contribution >= 4 is 12.4 Å². The zero-order valence-corrected chi connectivity index (χ0v) is 10.8. The van der Waals surface area contributed by atoms with Gasteiger partial charge in [0.2, 0.25) is 0 Å². The molecule has 0 spiro atoms. The van der Waals surface area contributed by atoms with Gasteiger partial charge in [0.1, 0.15) is 0 Å². The van der Waals surface area contributed by atoms with Crippen LogP contribution in [0.2, 0.25) is 0 Å². The van der Waals surface area contributed by atoms with Crippen LogP contribution in [0, 0.1) is 12.2 Å². The summed E-state index contributed by atoms with van der Waals surface area (Å²) in [5, 5.41) is 0. The van der Waals surface area contributed by atoms with Crippen molar-refractivity contribution in [3.63, 3.8) is 0 Å². The zero-order valence-electron chi connectivity index (χ0n) is 8.58. The smallest absolute Gasteiger partial charge is 0.270 e. The summed E-state index contributed by atoms with van der Waals surface area (Å²) in [4.78, 5) is 0. The molecule has 0 atom stereocenters. The van der Waals surface area contributed by atoms with Crippen LogP contribution in [-0.2, 0) is 18.6 Å². The Balaban J connectivity index is 0. The molecule has 0 nitrogen and oxygen atoms in total. The molecule has 0 aliphatic heterocycles. The molecule has 2 aliphatic rings. The van der Waals surface area contributed by atoms with Gasteiger partial charge in [-0.2, -0.15) is 12.2 Å². The first-order valence-corrected chi connectivity index (χ1v) is 4.27. The van der Waals surface area contributed by atoms with Crippen LogP contribution in [0.25, 0.3) is 0 Å². The Labute approximate surface area is 105 Å². The van der Waals surface area contributed by atoms with E-state index >= 15 is 0 Å². The van der Waals surface area contributed by atoms with Crippen molar-refractivity contribution < 1.29 is 18.6 Å². The number of hydrogen-bond donors (Lipinski definition) is 0. The van der Waals surface area contributed by atoms with E-state index in [0.29, 0.717) is 0 Å². The Hall–Kier alpha value is -0.166. The van der Waals surface area contributed by atoms with Gasteiger partial charge in [-0.1, -0.05) is 13.8 Å². The third-order valence-electron chi connectivity index (χ3n) is 1.73. The Morgan fingerprint density at radius 2 is 1.29 bits per heavy atom. The summed E-state index contributed by atoms with van der Waals surface area (Å²) in [6.45, 7) is 4.12. The third kappa shape index (κ3) is 7.26. The van der Waals surface area contributed by atoms with Crippen LogP contribution in [0.5, 0.6) is 0 Å². The Kier molecular flexibility index (Phi) is 10.9. The first-order chi connectivity index (χ1) is 5.79. The van der Waals surface area contributed by atoms with E-state index in [2.05, 4.69) is 50.3 Å². The van der Waals surface area contributed by atoms with Crippen LogP contribution in [0.1, 0.15) is 26.7 Å². The summed E-state index contributed by atoms with van der Waals surface area (Å²) in [7, 11) is 0. The molecule has 0 saturated heterocycles. The number of halogens is 1. The van der Waals surface area contributed by atoms with E-state index in [-0.39, 0.29) is 31.0 Å². The molecule has 0 amide bonds. The fraction of sp³-hybridized carbons (Fsp3) is 0.333. The summed E-state index contributed by atoms with van der Waals surface area (Å²) >= 11 is 0. The molecule has 14 heavy (non-hydrogen) atoms. The van der Waals surface area contributed by atoms with Gasteiger partial charge in [0.05, 0.1) is 0 Å². The van der Waals surface area contributed by atoms with E-state index < -0.39 is 0 Å². The van der Waals surface area contributed by atoms with Gasteiger partial charge in [0.25, 0.3) is 0 Å². The molecule has 0 aromatic rings. The predicted molar refractivity (Wildman–Crippen MR) is 59.6 cm³/mol. The summed E-state index contributed by atoms with van der Waals surface area (Å²) < 4.78 is 0. The molecule has 0 N–H and O–H groups in total. The SMILES string of the molecule is CC1=[C-]CC=C1.CC1=[C-]CC=C1.Cl.[V+2]. The van der Waals surface area contributed by atoms with Crippen molar-refractivity contribution in [3.8, 4) is 0 Å². The van der Waals surface area contributed by atoms with Gasteiger partial charge in [0, 0.05) is 0 Å². The van der Waals surface area contributed by atoms with E-state index in [1.54, 1.807) is 0 Å². The fourth-order valence-electron chi connectivity index (χ4n) is 1.03. The van der Waals surface area contributed by atoms with Crippen LogP contribution >= 0.6 is 12.4 Å². The van der Waals surface area contributed by atoms with E-state index in [4.69, 9.17) is 0 Å². The fourth-order valence-corrected chi connectivity index (χ4v) is 1.03. The number of hydrogen-bond acceptors (Lipinski definition) is 0. The van der Waals surface area contributed by atoms with Crippen molar-refractivity contribution in [1.82, 2.24) is 0 Å². The maximum atomic E-state index is 3.12. The minimum absolute atomic E-state index is 0. The summed E-state index contributed by atoms with van der Waals surface area (Å²) in [5.74, 6) is 0. The Morgan fingerprint density at radius 1 is 0.929 bits per heavy atom. The van der Waals surface area contributed by atoms with E-state index in [9.17, 15) is 0 Å². The molecular weight excluding hydrogens is 231 g/mol. The van der Waals surface area contributed by atoms with Crippen molar-refractivity contribution in [2.45, 2.75) is 26.7 Å². The molecule has 0 unspecified atom stereocenters. The van der Waals surface area contributed by atoms with Crippen LogP contribution < -0.4 is 0 Å². The average molecular weight is 246 g/mol. The molecular formula is C12H15ClV. The molecule has 0 bridgehead atoms. The second-order valence-corrected chi connectivity index (χ2v) is 2.93. The second kappa shape index (κ2) is 9.39. The van der Waals surface area contributed by atoms with E-state index in [1.807, 2.05) is 0 Å². The average Bonchev–Trinajstić information content (AvgIpc) is 2.63. The van der Waals surface area contributed by atoms with Crippen molar-refractivity contribution in [2.24, 2.45) is 0 Å². The summed E-state index contributed by atoms with van der Waals surface area (Å²) in [5.41, 5.74) is 2.55. The number of allylic oxidation sites excluding steroid dienone is 8. The Morgan fingerprint density at radius 3 is 1.36 bits per heavy atom. The van der Waals surface area contributed by atoms with Gasteiger partial charge in [-0.05, 0) is 0 Å². The molecule has 75 valence electrons. The second-order valence-electron chi connectivity index (χ2n) is 2.93. The van der Waals surface area contributed by atoms with Crippen LogP contribution in [0.3, 0.4) is 0 Å². The maximum absolute atomic E-state index is 3.12. The molecule has 0 aromatic heterocycles. The van der Waals surface area contributed by atoms with Gasteiger partial charge < -0.3 is 0 Å². The van der Waals surface area contributed by atoms with Crippen molar-refractivity contribution in [1.29, 1.82) is 0 Å². The minimum Gasteiger partial charge on any atom is -0.270 e. The standard InChI is InChI=1S/2C6H7.ClH.V/c2*1-6-4-2-3-5-6;;/h2*2,4H,3H2,1H3;1H;/q2*-1;;+2. The third-order valence-corrected chi connectivity index (χ3v) is 1.73. The molecule has 2 aliphatic carbocycles. The topological polar surface area (TPSA) is 0 Å². The van der Waals surface area contributed by atoms with Gasteiger partial charge in [0.15, 0.2) is 0 Å². The van der Waals surface area contributed by atoms with E-state index in [1.165, 1.54) is 11.1 Å². The molecule has 2 heteroatoms. The molecule has 0 saturated carbocycles. The molecule has 1 radical (unpaired) electrons. The minimum atomic E-state index is 0. The van der Waals surface area contributed by atoms with Gasteiger partial charge in [-0.15, -0.1) is 25.2 Å². The van der Waals surface area contributed by atoms with E-state index in [0.717, 1.165) is 12.8 Å². The largest absolute Gasteiger partial charge is 2.00 e. The molecule has 2 rings (SSSR count). The molecule has 0 heterocycles. The Bertz CT molecular complexity index is 226. The first-order valence-electron chi connectivity index (χ1n) is 4.27. The van der Waals surface area contributed by atoms with Crippen LogP contribution in [-0.4, -0.2) is 0 Å². The maximum Gasteiger partial charge on any atom is 2.00 e. The monoisotopic (exact) mass is 245 g/mol. The molecule has 0 aromatic carbocycles. The van der Waals surface area contributed by atoms with Gasteiger partial charge >= 0.3 is 18.6 Å². The first kappa shape index (κ1) is 16.3.